The maximum atomic E-state index is 13.1. The minimum atomic E-state index is -0.185. The van der Waals surface area contributed by atoms with Crippen LogP contribution in [0.5, 0.6) is 0 Å². The van der Waals surface area contributed by atoms with Crippen LogP contribution in [0.15, 0.2) is 24.4 Å². The molecule has 1 fully saturated rings. The van der Waals surface area contributed by atoms with Crippen molar-refractivity contribution in [1.82, 2.24) is 24.8 Å². The van der Waals surface area contributed by atoms with E-state index in [1.54, 1.807) is 6.20 Å². The Morgan fingerprint density at radius 2 is 1.95 bits per heavy atom. The first-order valence-electron chi connectivity index (χ1n) is 12.9. The first-order chi connectivity index (χ1) is 17.9. The molecule has 2 aromatic heterocycles. The molecule has 1 amide bonds. The zero-order valence-electron chi connectivity index (χ0n) is 22.0. The molecule has 4 rings (SSSR count). The van der Waals surface area contributed by atoms with Crippen LogP contribution in [-0.4, -0.2) is 75.2 Å². The van der Waals surface area contributed by atoms with E-state index in [9.17, 15) is 9.90 Å². The number of aromatic nitrogens is 4. The van der Waals surface area contributed by atoms with Crippen molar-refractivity contribution in [2.45, 2.75) is 46.5 Å². The number of rotatable bonds is 10. The number of aliphatic hydroxyl groups excluding tert-OH is 1. The van der Waals surface area contributed by atoms with Crippen molar-refractivity contribution in [3.8, 4) is 0 Å². The molecule has 0 bridgehead atoms. The topological polar surface area (TPSA) is 119 Å². The first-order valence-corrected chi connectivity index (χ1v) is 13.7. The first kappa shape index (κ1) is 26.9. The summed E-state index contributed by atoms with van der Waals surface area (Å²) >= 11 is 1.26. The number of piperazine rings is 1. The zero-order valence-corrected chi connectivity index (χ0v) is 22.8. The fourth-order valence-corrected chi connectivity index (χ4v) is 4.98. The number of nitrogens with one attached hydrogen (secondary N) is 2. The molecule has 0 radical (unpaired) electrons. The fraction of sp³-hybridized carbons (Fsp3) is 0.500. The summed E-state index contributed by atoms with van der Waals surface area (Å²) in [6.45, 7) is 12.4. The Morgan fingerprint density at radius 1 is 1.16 bits per heavy atom. The van der Waals surface area contributed by atoms with Gasteiger partial charge in [-0.15, -0.1) is 0 Å². The summed E-state index contributed by atoms with van der Waals surface area (Å²) in [5, 5.41) is 16.0. The van der Waals surface area contributed by atoms with E-state index in [0.717, 1.165) is 49.4 Å². The molecule has 11 heteroatoms. The van der Waals surface area contributed by atoms with Gasteiger partial charge in [0, 0.05) is 44.8 Å². The minimum absolute atomic E-state index is 0.164. The molecule has 0 spiro atoms. The molecule has 198 valence electrons. The number of thiazole rings is 1. The number of carbonyl (C=O) groups is 1. The third-order valence-electron chi connectivity index (χ3n) is 6.69. The van der Waals surface area contributed by atoms with Crippen LogP contribution in [0.3, 0.4) is 0 Å². The molecular formula is C26H36N8O2S. The van der Waals surface area contributed by atoms with E-state index < -0.39 is 0 Å². The number of benzene rings is 1. The van der Waals surface area contributed by atoms with Crippen LogP contribution in [0.4, 0.5) is 22.7 Å². The summed E-state index contributed by atoms with van der Waals surface area (Å²) in [5.41, 5.74) is 3.05. The summed E-state index contributed by atoms with van der Waals surface area (Å²) in [6, 6.07) is 6.12. The molecule has 3 aromatic rings. The zero-order chi connectivity index (χ0) is 26.4. The standard InChI is InChI=1S/C26H36N8O2S/c1-5-17(3)19-9-7-8-18(4)22(19)30-23(36)20-16-27-26(37-20)32-24-28-21(6-2)29-25(31-24)34-12-10-33(11-13-34)14-15-35/h7-9,16-17,35H,5-6,10-15H2,1-4H3,(H,30,36)(H,27,28,29,31,32). The highest BCUT2D eigenvalue weighted by Gasteiger charge is 2.21. The van der Waals surface area contributed by atoms with Crippen LogP contribution in [0, 0.1) is 6.92 Å². The third-order valence-corrected chi connectivity index (χ3v) is 7.60. The van der Waals surface area contributed by atoms with Gasteiger partial charge in [0.15, 0.2) is 5.13 Å². The third kappa shape index (κ3) is 6.60. The van der Waals surface area contributed by atoms with Gasteiger partial charge in [-0.2, -0.15) is 15.0 Å². The van der Waals surface area contributed by atoms with Crippen molar-refractivity contribution >= 4 is 40.0 Å². The van der Waals surface area contributed by atoms with Gasteiger partial charge in [0.2, 0.25) is 11.9 Å². The van der Waals surface area contributed by atoms with E-state index in [1.807, 2.05) is 26.0 Å². The average Bonchev–Trinajstić information content (AvgIpc) is 3.38. The van der Waals surface area contributed by atoms with Crippen molar-refractivity contribution in [2.75, 3.05) is 54.9 Å². The summed E-state index contributed by atoms with van der Waals surface area (Å²) < 4.78 is 0. The quantitative estimate of drug-likeness (QED) is 0.363. The number of amides is 1. The molecule has 1 aromatic carbocycles. The van der Waals surface area contributed by atoms with Gasteiger partial charge in [-0.05, 0) is 30.4 Å². The van der Waals surface area contributed by atoms with Crippen LogP contribution in [0.2, 0.25) is 0 Å². The van der Waals surface area contributed by atoms with Crippen molar-refractivity contribution in [2.24, 2.45) is 0 Å². The van der Waals surface area contributed by atoms with E-state index in [1.165, 1.54) is 11.3 Å². The molecule has 1 atom stereocenters. The van der Waals surface area contributed by atoms with E-state index in [-0.39, 0.29) is 12.5 Å². The molecule has 0 aliphatic carbocycles. The lowest BCUT2D eigenvalue weighted by atomic mass is 9.94. The number of nitrogens with zero attached hydrogens (tertiary/aromatic N) is 6. The van der Waals surface area contributed by atoms with E-state index in [2.05, 4.69) is 60.3 Å². The van der Waals surface area contributed by atoms with Crippen LogP contribution in [0.25, 0.3) is 0 Å². The van der Waals surface area contributed by atoms with Crippen molar-refractivity contribution in [1.29, 1.82) is 0 Å². The number of hydrogen-bond acceptors (Lipinski definition) is 10. The highest BCUT2D eigenvalue weighted by atomic mass is 32.1. The van der Waals surface area contributed by atoms with Crippen molar-refractivity contribution < 1.29 is 9.90 Å². The minimum Gasteiger partial charge on any atom is -0.395 e. The Labute approximate surface area is 222 Å². The summed E-state index contributed by atoms with van der Waals surface area (Å²) in [5.74, 6) is 1.90. The predicted octanol–water partition coefficient (Wildman–Crippen LogP) is 3.82. The van der Waals surface area contributed by atoms with Gasteiger partial charge in [-0.3, -0.25) is 15.0 Å². The maximum Gasteiger partial charge on any atom is 0.267 e. The lowest BCUT2D eigenvalue weighted by Crippen LogP contribution is -2.47. The summed E-state index contributed by atoms with van der Waals surface area (Å²) in [7, 11) is 0. The molecule has 1 aliphatic rings. The number of aliphatic hydroxyl groups is 1. The van der Waals surface area contributed by atoms with Crippen LogP contribution >= 0.6 is 11.3 Å². The largest absolute Gasteiger partial charge is 0.395 e. The smallest absolute Gasteiger partial charge is 0.267 e. The Morgan fingerprint density at radius 3 is 2.65 bits per heavy atom. The highest BCUT2D eigenvalue weighted by Crippen LogP contribution is 2.31. The van der Waals surface area contributed by atoms with E-state index in [0.29, 0.717) is 46.6 Å². The number of aryl methyl sites for hydroxylation is 2. The second kappa shape index (κ2) is 12.4. The lowest BCUT2D eigenvalue weighted by Gasteiger charge is -2.34. The number of β-amino-alcohol motifs (C(OH)–C–C–N with tert-alkyl or cyclic N) is 1. The molecule has 1 unspecified atom stereocenters. The van der Waals surface area contributed by atoms with Gasteiger partial charge in [-0.1, -0.05) is 50.3 Å². The van der Waals surface area contributed by atoms with Crippen LogP contribution in [0.1, 0.15) is 59.7 Å². The molecular weight excluding hydrogens is 488 g/mol. The lowest BCUT2D eigenvalue weighted by molar-refractivity contribution is 0.103. The summed E-state index contributed by atoms with van der Waals surface area (Å²) in [4.78, 5) is 36.1. The molecule has 1 saturated heterocycles. The SMILES string of the molecule is CCc1nc(Nc2ncc(C(=O)Nc3c(C)cccc3C(C)CC)s2)nc(N2CCN(CCO)CC2)n1. The van der Waals surface area contributed by atoms with Gasteiger partial charge in [0.05, 0.1) is 12.8 Å². The average molecular weight is 525 g/mol. The normalized spacial score (nSPS) is 15.0. The van der Waals surface area contributed by atoms with E-state index >= 15 is 0 Å². The maximum absolute atomic E-state index is 13.1. The van der Waals surface area contributed by atoms with Gasteiger partial charge >= 0.3 is 0 Å². The second-order valence-electron chi connectivity index (χ2n) is 9.24. The van der Waals surface area contributed by atoms with Gasteiger partial charge in [0.25, 0.3) is 5.91 Å². The Hall–Kier alpha value is -3.15. The monoisotopic (exact) mass is 524 g/mol. The molecule has 3 heterocycles. The Balaban J connectivity index is 1.47. The summed E-state index contributed by atoms with van der Waals surface area (Å²) in [6.07, 6.45) is 3.24. The second-order valence-corrected chi connectivity index (χ2v) is 10.3. The van der Waals surface area contributed by atoms with E-state index in [4.69, 9.17) is 0 Å². The molecule has 1 aliphatic heterocycles. The van der Waals surface area contributed by atoms with Crippen LogP contribution in [-0.2, 0) is 6.42 Å². The van der Waals surface area contributed by atoms with Crippen molar-refractivity contribution in [3.63, 3.8) is 0 Å². The highest BCUT2D eigenvalue weighted by molar-refractivity contribution is 7.17. The Kier molecular flexibility index (Phi) is 9.01. The molecule has 0 saturated carbocycles. The number of anilines is 4. The Bertz CT molecular complexity index is 1210. The predicted molar refractivity (Wildman–Crippen MR) is 148 cm³/mol. The van der Waals surface area contributed by atoms with Gasteiger partial charge in [-0.25, -0.2) is 4.98 Å². The molecule has 10 nitrogen and oxygen atoms in total. The van der Waals surface area contributed by atoms with Gasteiger partial charge < -0.3 is 15.3 Å². The molecule has 3 N–H and O–H groups in total. The van der Waals surface area contributed by atoms with Gasteiger partial charge in [0.1, 0.15) is 10.7 Å². The number of para-hydroxylation sites is 1. The van der Waals surface area contributed by atoms with Crippen molar-refractivity contribution in [3.05, 3.63) is 46.2 Å². The fourth-order valence-electron chi connectivity index (χ4n) is 4.28. The molecule has 37 heavy (non-hydrogen) atoms. The van der Waals surface area contributed by atoms with Crippen LogP contribution < -0.4 is 15.5 Å². The number of carbonyl (C=O) groups excluding carboxylic acids is 1. The number of hydrogen-bond donors (Lipinski definition) is 3.